The van der Waals surface area contributed by atoms with Crippen molar-refractivity contribution in [3.63, 3.8) is 0 Å². The number of aliphatic hydroxyl groups excluding tert-OH is 1. The molecule has 9 nitrogen and oxygen atoms in total. The summed E-state index contributed by atoms with van der Waals surface area (Å²) in [5.41, 5.74) is 1.37. The molecule has 1 saturated carbocycles. The van der Waals surface area contributed by atoms with Gasteiger partial charge in [-0.2, -0.15) is 0 Å². The molecule has 4 atom stereocenters. The van der Waals surface area contributed by atoms with Crippen molar-refractivity contribution in [2.45, 2.75) is 82.6 Å². The molecule has 3 heterocycles. The quantitative estimate of drug-likeness (QED) is 0.348. The number of aromatic nitrogens is 5. The zero-order valence-corrected chi connectivity index (χ0v) is 19.0. The number of ether oxygens (including phenoxy) is 2. The van der Waals surface area contributed by atoms with Gasteiger partial charge in [-0.25, -0.2) is 14.6 Å². The second-order valence-electron chi connectivity index (χ2n) is 8.46. The lowest BCUT2D eigenvalue weighted by molar-refractivity contribution is -0.162. The van der Waals surface area contributed by atoms with Crippen LogP contribution in [0, 0.1) is 5.92 Å². The first-order chi connectivity index (χ1) is 14.5. The Labute approximate surface area is 181 Å². The van der Waals surface area contributed by atoms with E-state index in [9.17, 15) is 5.11 Å². The average Bonchev–Trinajstić information content (AvgIpc) is 3.36. The summed E-state index contributed by atoms with van der Waals surface area (Å²) in [5, 5.41) is 22.8. The van der Waals surface area contributed by atoms with Gasteiger partial charge in [0, 0.05) is 24.8 Å². The summed E-state index contributed by atoms with van der Waals surface area (Å²) in [7, 11) is 0. The lowest BCUT2D eigenvalue weighted by atomic mass is 10.1. The van der Waals surface area contributed by atoms with E-state index in [1.165, 1.54) is 12.8 Å². The molecule has 2 aromatic heterocycles. The fourth-order valence-electron chi connectivity index (χ4n) is 4.38. The van der Waals surface area contributed by atoms with Gasteiger partial charge in [-0.05, 0) is 33.6 Å². The Morgan fingerprint density at radius 3 is 2.73 bits per heavy atom. The molecule has 2 N–H and O–H groups in total. The van der Waals surface area contributed by atoms with E-state index in [0.29, 0.717) is 23.4 Å². The van der Waals surface area contributed by atoms with Crippen molar-refractivity contribution in [3.8, 4) is 0 Å². The second-order valence-corrected chi connectivity index (χ2v) is 9.52. The summed E-state index contributed by atoms with van der Waals surface area (Å²) in [5.74, 6) is 1.02. The molecular formula is C20H32N6O3S. The topological polar surface area (TPSA) is 107 Å². The minimum atomic E-state index is -0.679. The van der Waals surface area contributed by atoms with Gasteiger partial charge >= 0.3 is 0 Å². The van der Waals surface area contributed by atoms with Crippen molar-refractivity contribution in [2.24, 2.45) is 5.92 Å². The standard InChI is InChI=1S/C20H32N6O3S/c1-5-7-8-9-30-19-22-17(21-6-2)14-18(23-19)26(25-24-14)13-10-12(11-27)15-16(13)29-20(3,4)28-15/h12-13,15-16,27H,5-11H2,1-4H3,(H,21,22,23)/t12-,13-,15-,16+/m1/s1. The molecule has 2 fully saturated rings. The molecule has 0 spiro atoms. The van der Waals surface area contributed by atoms with Crippen molar-refractivity contribution in [1.29, 1.82) is 0 Å². The van der Waals surface area contributed by atoms with E-state index in [-0.39, 0.29) is 30.8 Å². The van der Waals surface area contributed by atoms with Crippen LogP contribution in [0.1, 0.15) is 59.4 Å². The first-order valence-electron chi connectivity index (χ1n) is 10.9. The number of nitrogens with zero attached hydrogens (tertiary/aromatic N) is 5. The van der Waals surface area contributed by atoms with Gasteiger partial charge in [-0.3, -0.25) is 0 Å². The summed E-state index contributed by atoms with van der Waals surface area (Å²) >= 11 is 1.67. The number of unbranched alkanes of at least 4 members (excludes halogenated alkanes) is 2. The van der Waals surface area contributed by atoms with Crippen molar-refractivity contribution in [3.05, 3.63) is 0 Å². The molecule has 30 heavy (non-hydrogen) atoms. The third-order valence-corrected chi connectivity index (χ3v) is 6.66. The first kappa shape index (κ1) is 21.7. The van der Waals surface area contributed by atoms with Crippen LogP contribution in [0.4, 0.5) is 5.82 Å². The maximum atomic E-state index is 9.89. The van der Waals surface area contributed by atoms with E-state index in [2.05, 4.69) is 27.5 Å². The molecule has 0 bridgehead atoms. The van der Waals surface area contributed by atoms with Crippen LogP contribution >= 0.6 is 11.8 Å². The highest BCUT2D eigenvalue weighted by atomic mass is 32.2. The minimum Gasteiger partial charge on any atom is -0.396 e. The van der Waals surface area contributed by atoms with E-state index >= 15 is 0 Å². The Morgan fingerprint density at radius 2 is 2.00 bits per heavy atom. The predicted octanol–water partition coefficient (Wildman–Crippen LogP) is 3.01. The smallest absolute Gasteiger partial charge is 0.191 e. The van der Waals surface area contributed by atoms with E-state index in [1.807, 2.05) is 25.5 Å². The Morgan fingerprint density at radius 1 is 1.20 bits per heavy atom. The fourth-order valence-corrected chi connectivity index (χ4v) is 5.22. The summed E-state index contributed by atoms with van der Waals surface area (Å²) < 4.78 is 14.1. The lowest BCUT2D eigenvalue weighted by Gasteiger charge is -2.23. The number of aliphatic hydroxyl groups is 1. The van der Waals surface area contributed by atoms with Crippen molar-refractivity contribution >= 4 is 28.7 Å². The number of hydrogen-bond acceptors (Lipinski definition) is 9. The average molecular weight is 437 g/mol. The van der Waals surface area contributed by atoms with Crippen molar-refractivity contribution in [1.82, 2.24) is 25.0 Å². The third-order valence-electron chi connectivity index (χ3n) is 5.73. The molecule has 2 aliphatic rings. The number of nitrogens with one attached hydrogen (secondary N) is 1. The number of rotatable bonds is 9. The maximum absolute atomic E-state index is 9.89. The number of fused-ring (bicyclic) bond motifs is 2. The Balaban J connectivity index is 1.68. The van der Waals surface area contributed by atoms with Gasteiger partial charge in [0.05, 0.1) is 12.1 Å². The number of anilines is 1. The second kappa shape index (κ2) is 8.94. The summed E-state index contributed by atoms with van der Waals surface area (Å²) in [6.07, 6.45) is 3.89. The number of hydrogen-bond donors (Lipinski definition) is 2. The van der Waals surface area contributed by atoms with Crippen LogP contribution < -0.4 is 5.32 Å². The fraction of sp³-hybridized carbons (Fsp3) is 0.800. The Kier molecular flexibility index (Phi) is 6.47. The molecule has 2 aromatic rings. The van der Waals surface area contributed by atoms with Gasteiger partial charge in [0.25, 0.3) is 0 Å². The maximum Gasteiger partial charge on any atom is 0.191 e. The highest BCUT2D eigenvalue weighted by Gasteiger charge is 2.55. The molecule has 0 unspecified atom stereocenters. The zero-order valence-electron chi connectivity index (χ0n) is 18.2. The lowest BCUT2D eigenvalue weighted by Crippen LogP contribution is -2.28. The highest BCUT2D eigenvalue weighted by molar-refractivity contribution is 7.99. The molecule has 1 aliphatic heterocycles. The third kappa shape index (κ3) is 4.15. The van der Waals surface area contributed by atoms with Gasteiger partial charge < -0.3 is 19.9 Å². The molecule has 1 saturated heterocycles. The van der Waals surface area contributed by atoms with Gasteiger partial charge in [-0.15, -0.1) is 5.10 Å². The van der Waals surface area contributed by atoms with Crippen LogP contribution in [0.5, 0.6) is 0 Å². The van der Waals surface area contributed by atoms with Crippen molar-refractivity contribution in [2.75, 3.05) is 24.2 Å². The van der Waals surface area contributed by atoms with Crippen molar-refractivity contribution < 1.29 is 14.6 Å². The minimum absolute atomic E-state index is 0.000936. The molecule has 0 aromatic carbocycles. The molecule has 4 rings (SSSR count). The van der Waals surface area contributed by atoms with Crippen LogP contribution in [0.15, 0.2) is 5.16 Å². The summed E-state index contributed by atoms with van der Waals surface area (Å²) in [4.78, 5) is 9.49. The van der Waals surface area contributed by atoms with Crippen LogP contribution in [-0.2, 0) is 9.47 Å². The number of thioether (sulfide) groups is 1. The summed E-state index contributed by atoms with van der Waals surface area (Å²) in [6, 6.07) is -0.0961. The first-order valence-corrected chi connectivity index (χ1v) is 11.9. The molecule has 1 aliphatic carbocycles. The van der Waals surface area contributed by atoms with E-state index in [1.54, 1.807) is 11.8 Å². The SMILES string of the molecule is CCCCCSc1nc(NCC)c2nnn([C@@H]3C[C@H](CO)[C@H]4OC(C)(C)O[C@H]43)c2n1. The monoisotopic (exact) mass is 436 g/mol. The zero-order chi connectivity index (χ0) is 21.3. The Bertz CT molecular complexity index is 876. The van der Waals surface area contributed by atoms with Crippen LogP contribution in [0.25, 0.3) is 11.2 Å². The van der Waals surface area contributed by atoms with E-state index in [4.69, 9.17) is 14.5 Å². The largest absolute Gasteiger partial charge is 0.396 e. The molecule has 0 radical (unpaired) electrons. The Hall–Kier alpha value is -1.49. The van der Waals surface area contributed by atoms with Gasteiger partial charge in [0.1, 0.15) is 6.10 Å². The van der Waals surface area contributed by atoms with E-state index < -0.39 is 5.79 Å². The molecular weight excluding hydrogens is 404 g/mol. The van der Waals surface area contributed by atoms with Gasteiger partial charge in [0.2, 0.25) is 0 Å². The summed E-state index contributed by atoms with van der Waals surface area (Å²) in [6.45, 7) is 8.85. The van der Waals surface area contributed by atoms with Gasteiger partial charge in [-0.1, -0.05) is 36.7 Å². The molecule has 10 heteroatoms. The normalized spacial score (nSPS) is 27.6. The predicted molar refractivity (Wildman–Crippen MR) is 116 cm³/mol. The van der Waals surface area contributed by atoms with E-state index in [0.717, 1.165) is 23.9 Å². The van der Waals surface area contributed by atoms with Gasteiger partial charge in [0.15, 0.2) is 27.9 Å². The molecule has 166 valence electrons. The van der Waals surface area contributed by atoms with Crippen LogP contribution in [-0.4, -0.2) is 67.0 Å². The highest BCUT2D eigenvalue weighted by Crippen LogP contribution is 2.47. The van der Waals surface area contributed by atoms with Crippen LogP contribution in [0.2, 0.25) is 0 Å². The molecule has 0 amide bonds. The van der Waals surface area contributed by atoms with Crippen LogP contribution in [0.3, 0.4) is 0 Å².